The maximum Gasteiger partial charge on any atom is 0.252 e. The summed E-state index contributed by atoms with van der Waals surface area (Å²) in [5.74, 6) is 0. The van der Waals surface area contributed by atoms with Gasteiger partial charge < -0.3 is 9.80 Å². The van der Waals surface area contributed by atoms with E-state index in [9.17, 15) is 0 Å². The van der Waals surface area contributed by atoms with E-state index in [1.54, 1.807) is 0 Å². The lowest BCUT2D eigenvalue weighted by molar-refractivity contribution is 1.23. The van der Waals surface area contributed by atoms with Gasteiger partial charge in [0.15, 0.2) is 0 Å². The highest BCUT2D eigenvalue weighted by Gasteiger charge is 2.43. The zero-order chi connectivity index (χ0) is 30.6. The monoisotopic (exact) mass is 596 g/mol. The van der Waals surface area contributed by atoms with Crippen molar-refractivity contribution < 1.29 is 0 Å². The van der Waals surface area contributed by atoms with Gasteiger partial charge in [0.2, 0.25) is 0 Å². The minimum Gasteiger partial charge on any atom is -0.311 e. The van der Waals surface area contributed by atoms with Crippen LogP contribution < -0.4 is 26.2 Å². The largest absolute Gasteiger partial charge is 0.311 e. The highest BCUT2D eigenvalue weighted by atomic mass is 32.1. The van der Waals surface area contributed by atoms with Crippen LogP contribution in [0.4, 0.5) is 34.1 Å². The van der Waals surface area contributed by atoms with Crippen molar-refractivity contribution >= 4 is 88.7 Å². The minimum atomic E-state index is 0.125. The van der Waals surface area contributed by atoms with E-state index in [0.29, 0.717) is 0 Å². The number of hydrogen-bond donors (Lipinski definition) is 0. The molecule has 3 heterocycles. The van der Waals surface area contributed by atoms with Gasteiger partial charge in [-0.25, -0.2) is 0 Å². The lowest BCUT2D eigenvalue weighted by Crippen LogP contribution is -2.61. The first-order chi connectivity index (χ1) is 21.8. The molecule has 2 nitrogen and oxygen atoms in total. The summed E-state index contributed by atoms with van der Waals surface area (Å²) in [4.78, 5) is 5.03. The van der Waals surface area contributed by atoms with Gasteiger partial charge in [-0.2, -0.15) is 0 Å². The van der Waals surface area contributed by atoms with Gasteiger partial charge >= 0.3 is 0 Å². The third-order valence-electron chi connectivity index (χ3n) is 9.70. The van der Waals surface area contributed by atoms with Crippen LogP contribution in [0.15, 0.2) is 109 Å². The second-order valence-corrected chi connectivity index (χ2v) is 14.1. The molecule has 0 bridgehead atoms. The predicted octanol–water partition coefficient (Wildman–Crippen LogP) is 9.68. The highest BCUT2D eigenvalue weighted by molar-refractivity contribution is 7.26. The Morgan fingerprint density at radius 1 is 0.422 bits per heavy atom. The summed E-state index contributed by atoms with van der Waals surface area (Å²) in [6.45, 7) is 11.1. The summed E-state index contributed by atoms with van der Waals surface area (Å²) in [5.41, 5.74) is 18.0. The molecular weight excluding hydrogens is 563 g/mol. The zero-order valence-corrected chi connectivity index (χ0v) is 27.1. The molecule has 0 unspecified atom stereocenters. The van der Waals surface area contributed by atoms with Gasteiger partial charge in [-0.15, -0.1) is 11.3 Å². The van der Waals surface area contributed by atoms with Gasteiger partial charge in [0.1, 0.15) is 0 Å². The van der Waals surface area contributed by atoms with E-state index in [1.807, 2.05) is 11.3 Å². The number of nitrogens with zero attached hydrogens (tertiary/aromatic N) is 2. The minimum absolute atomic E-state index is 0.125. The fourth-order valence-electron chi connectivity index (χ4n) is 7.58. The average Bonchev–Trinajstić information content (AvgIpc) is 3.37. The number of rotatable bonds is 2. The summed E-state index contributed by atoms with van der Waals surface area (Å²) in [6.07, 6.45) is 0. The van der Waals surface area contributed by atoms with E-state index < -0.39 is 0 Å². The fourth-order valence-corrected chi connectivity index (χ4v) is 8.70. The molecule has 216 valence electrons. The molecule has 9 rings (SSSR count). The van der Waals surface area contributed by atoms with Crippen molar-refractivity contribution in [2.45, 2.75) is 34.6 Å². The molecule has 2 aliphatic heterocycles. The van der Waals surface area contributed by atoms with Crippen LogP contribution in [0.3, 0.4) is 0 Å². The Hall–Kier alpha value is -4.80. The number of hydrogen-bond acceptors (Lipinski definition) is 3. The first-order valence-corrected chi connectivity index (χ1v) is 16.6. The lowest BCUT2D eigenvalue weighted by atomic mass is 9.33. The quantitative estimate of drug-likeness (QED) is 0.183. The van der Waals surface area contributed by atoms with Gasteiger partial charge in [-0.3, -0.25) is 0 Å². The van der Waals surface area contributed by atoms with Crippen molar-refractivity contribution in [3.05, 3.63) is 137 Å². The van der Waals surface area contributed by atoms with Crippen LogP contribution in [0.25, 0.3) is 20.2 Å². The molecule has 0 atom stereocenters. The van der Waals surface area contributed by atoms with Crippen molar-refractivity contribution in [2.24, 2.45) is 0 Å². The van der Waals surface area contributed by atoms with Crippen LogP contribution in [-0.4, -0.2) is 6.71 Å². The first-order valence-electron chi connectivity index (χ1n) is 15.8. The number of aryl methyl sites for hydroxylation is 5. The second kappa shape index (κ2) is 9.60. The van der Waals surface area contributed by atoms with E-state index in [4.69, 9.17) is 0 Å². The van der Waals surface area contributed by atoms with E-state index in [1.165, 1.54) is 98.5 Å². The highest BCUT2D eigenvalue weighted by Crippen LogP contribution is 2.46. The smallest absolute Gasteiger partial charge is 0.252 e. The van der Waals surface area contributed by atoms with Gasteiger partial charge in [0.05, 0.1) is 0 Å². The average molecular weight is 597 g/mol. The lowest BCUT2D eigenvalue weighted by Gasteiger charge is -2.44. The molecule has 2 aliphatic rings. The number of benzene rings is 6. The molecule has 0 saturated heterocycles. The fraction of sp³-hybridized carbons (Fsp3) is 0.122. The number of anilines is 6. The van der Waals surface area contributed by atoms with E-state index >= 15 is 0 Å². The Morgan fingerprint density at radius 2 is 0.956 bits per heavy atom. The Balaban J connectivity index is 1.42. The van der Waals surface area contributed by atoms with E-state index in [0.717, 1.165) is 0 Å². The van der Waals surface area contributed by atoms with Gasteiger partial charge in [0, 0.05) is 54.3 Å². The summed E-state index contributed by atoms with van der Waals surface area (Å²) in [5, 5.41) is 2.69. The molecule has 45 heavy (non-hydrogen) atoms. The molecule has 0 saturated carbocycles. The van der Waals surface area contributed by atoms with Crippen molar-refractivity contribution in [2.75, 3.05) is 9.80 Å². The van der Waals surface area contributed by atoms with Crippen LogP contribution in [-0.2, 0) is 0 Å². The SMILES string of the molecule is Cc1ccc(N2c3ccc(C)cc3B3c4cc5sc6ccc(C)cc6c5cc4N(c4ccc(C)cc4)c4cc(C)cc2c43)cc1. The molecule has 0 fully saturated rings. The molecule has 7 aromatic rings. The maximum atomic E-state index is 2.53. The second-order valence-electron chi connectivity index (χ2n) is 13.1. The number of thiophene rings is 1. The normalized spacial score (nSPS) is 13.3. The van der Waals surface area contributed by atoms with Gasteiger partial charge in [-0.1, -0.05) is 64.7 Å². The van der Waals surface area contributed by atoms with Crippen molar-refractivity contribution in [1.29, 1.82) is 0 Å². The van der Waals surface area contributed by atoms with Crippen LogP contribution in [0.5, 0.6) is 0 Å². The molecule has 1 aromatic heterocycles. The Morgan fingerprint density at radius 3 is 1.62 bits per heavy atom. The van der Waals surface area contributed by atoms with Crippen molar-refractivity contribution in [3.63, 3.8) is 0 Å². The molecule has 0 spiro atoms. The molecule has 0 N–H and O–H groups in total. The third kappa shape index (κ3) is 3.95. The molecule has 0 amide bonds. The Labute approximate surface area is 269 Å². The van der Waals surface area contributed by atoms with Gasteiger partial charge in [0.25, 0.3) is 6.71 Å². The summed E-state index contributed by atoms with van der Waals surface area (Å²) in [6, 6.07) is 41.7. The van der Waals surface area contributed by atoms with Crippen LogP contribution in [0, 0.1) is 34.6 Å². The molecule has 4 heteroatoms. The first kappa shape index (κ1) is 26.6. The zero-order valence-electron chi connectivity index (χ0n) is 26.3. The maximum absolute atomic E-state index is 2.53. The van der Waals surface area contributed by atoms with Crippen LogP contribution in [0.2, 0.25) is 0 Å². The Kier molecular flexibility index (Phi) is 5.67. The van der Waals surface area contributed by atoms with Crippen molar-refractivity contribution in [3.8, 4) is 0 Å². The van der Waals surface area contributed by atoms with Crippen LogP contribution in [0.1, 0.15) is 27.8 Å². The Bertz CT molecular complexity index is 2330. The molecular formula is C41H33BN2S. The molecule has 0 aliphatic carbocycles. The molecule has 0 radical (unpaired) electrons. The summed E-state index contributed by atoms with van der Waals surface area (Å²) in [7, 11) is 0. The van der Waals surface area contributed by atoms with E-state index in [-0.39, 0.29) is 6.71 Å². The van der Waals surface area contributed by atoms with E-state index in [2.05, 4.69) is 154 Å². The van der Waals surface area contributed by atoms with Crippen LogP contribution >= 0.6 is 11.3 Å². The third-order valence-corrected chi connectivity index (χ3v) is 10.8. The summed E-state index contributed by atoms with van der Waals surface area (Å²) < 4.78 is 2.70. The van der Waals surface area contributed by atoms with Gasteiger partial charge in [-0.05, 0) is 123 Å². The molecule has 6 aromatic carbocycles. The predicted molar refractivity (Wildman–Crippen MR) is 197 cm³/mol. The van der Waals surface area contributed by atoms with Crippen molar-refractivity contribution in [1.82, 2.24) is 0 Å². The summed E-state index contributed by atoms with van der Waals surface area (Å²) >= 11 is 1.91. The number of fused-ring (bicyclic) bond motifs is 7. The standard InChI is InChI=1S/C41H33BN2S/c1-24-6-12-29(13-7-24)43-35-16-10-27(4)19-33(35)42-34-23-40-32(31-18-26(3)11-17-39(31)45-40)22-36(34)44(30-14-8-25(2)9-15-30)38-21-28(5)20-37(43)41(38)42/h6-23H,1-5H3. The topological polar surface area (TPSA) is 6.48 Å².